The summed E-state index contributed by atoms with van der Waals surface area (Å²) in [5.74, 6) is 0.885. The minimum atomic E-state index is -0.495. The van der Waals surface area contributed by atoms with E-state index in [1.807, 2.05) is 44.2 Å². The van der Waals surface area contributed by atoms with E-state index in [0.717, 1.165) is 11.1 Å². The smallest absolute Gasteiger partial charge is 0.390 e. The van der Waals surface area contributed by atoms with Crippen LogP contribution in [0.5, 0.6) is 0 Å². The fraction of sp³-hybridized carbons (Fsp3) is 0.167. The van der Waals surface area contributed by atoms with Crippen molar-refractivity contribution in [3.8, 4) is 0 Å². The maximum absolute atomic E-state index is 11.3. The molecule has 0 aliphatic carbocycles. The van der Waals surface area contributed by atoms with Crippen LogP contribution in [0.1, 0.15) is 19.4 Å². The Bertz CT molecular complexity index is 471. The molecule has 0 radical (unpaired) electrons. The Labute approximate surface area is 93.6 Å². The first kappa shape index (κ1) is 10.4. The highest BCUT2D eigenvalue weighted by Gasteiger charge is 2.18. The summed E-state index contributed by atoms with van der Waals surface area (Å²) < 4.78 is 5.02. The number of carbonyl (C=O) groups is 1. The molecule has 0 fully saturated rings. The van der Waals surface area contributed by atoms with Crippen molar-refractivity contribution in [3.05, 3.63) is 47.3 Å². The third kappa shape index (κ3) is 2.11. The fourth-order valence-electron chi connectivity index (χ4n) is 1.30. The van der Waals surface area contributed by atoms with Gasteiger partial charge in [0.25, 0.3) is 0 Å². The zero-order chi connectivity index (χ0) is 11.5. The second kappa shape index (κ2) is 4.18. The van der Waals surface area contributed by atoms with E-state index in [2.05, 4.69) is 10.3 Å². The van der Waals surface area contributed by atoms with Gasteiger partial charge in [0.05, 0.1) is 0 Å². The first-order chi connectivity index (χ1) is 7.66. The summed E-state index contributed by atoms with van der Waals surface area (Å²) in [6, 6.07) is 9.33. The van der Waals surface area contributed by atoms with Crippen molar-refractivity contribution in [1.29, 1.82) is 0 Å². The number of allylic oxidation sites excluding steroid dienone is 1. The number of cyclic esters (lactones) is 1. The van der Waals surface area contributed by atoms with Crippen molar-refractivity contribution in [2.24, 2.45) is 4.99 Å². The van der Waals surface area contributed by atoms with Crippen molar-refractivity contribution in [2.75, 3.05) is 0 Å². The van der Waals surface area contributed by atoms with E-state index in [1.54, 1.807) is 0 Å². The van der Waals surface area contributed by atoms with Crippen LogP contribution in [0.25, 0.3) is 0 Å². The van der Waals surface area contributed by atoms with Gasteiger partial charge in [0.15, 0.2) is 0 Å². The lowest BCUT2D eigenvalue weighted by atomic mass is 10.2. The van der Waals surface area contributed by atoms with Crippen LogP contribution >= 0.6 is 0 Å². The second-order valence-corrected chi connectivity index (χ2v) is 3.65. The number of ether oxygens (including phenoxy) is 1. The van der Waals surface area contributed by atoms with Crippen molar-refractivity contribution in [2.45, 2.75) is 13.8 Å². The van der Waals surface area contributed by atoms with E-state index in [0.29, 0.717) is 11.7 Å². The molecular formula is C12H12N2O2. The minimum Gasteiger partial charge on any atom is -0.390 e. The van der Waals surface area contributed by atoms with Gasteiger partial charge in [-0.05, 0) is 31.6 Å². The quantitative estimate of drug-likeness (QED) is 0.783. The molecule has 1 heterocycles. The molecule has 82 valence electrons. The average Bonchev–Trinajstić information content (AvgIpc) is 2.29. The Morgan fingerprint density at radius 2 is 1.94 bits per heavy atom. The fourth-order valence-corrected chi connectivity index (χ4v) is 1.30. The molecule has 0 bridgehead atoms. The molecule has 0 spiro atoms. The summed E-state index contributed by atoms with van der Waals surface area (Å²) in [4.78, 5) is 15.6. The Morgan fingerprint density at radius 3 is 2.56 bits per heavy atom. The molecule has 0 atom stereocenters. The Morgan fingerprint density at radius 1 is 1.25 bits per heavy atom. The number of rotatable bonds is 1. The third-order valence-electron chi connectivity index (χ3n) is 2.12. The molecule has 4 nitrogen and oxygen atoms in total. The second-order valence-electron chi connectivity index (χ2n) is 3.65. The molecular weight excluding hydrogens is 204 g/mol. The van der Waals surface area contributed by atoms with Crippen LogP contribution in [0, 0.1) is 0 Å². The Hall–Kier alpha value is -2.10. The first-order valence-corrected chi connectivity index (χ1v) is 4.97. The van der Waals surface area contributed by atoms with Gasteiger partial charge in [-0.15, -0.1) is 0 Å². The van der Waals surface area contributed by atoms with Crippen LogP contribution in [0.2, 0.25) is 0 Å². The van der Waals surface area contributed by atoms with Gasteiger partial charge in [0, 0.05) is 5.56 Å². The van der Waals surface area contributed by atoms with Crippen molar-refractivity contribution < 1.29 is 9.53 Å². The largest absolute Gasteiger partial charge is 0.419 e. The summed E-state index contributed by atoms with van der Waals surface area (Å²) in [5.41, 5.74) is 1.72. The molecule has 0 unspecified atom stereocenters. The van der Waals surface area contributed by atoms with E-state index in [1.165, 1.54) is 0 Å². The van der Waals surface area contributed by atoms with Crippen LogP contribution in [0.4, 0.5) is 4.79 Å². The Balaban J connectivity index is 2.42. The van der Waals surface area contributed by atoms with Gasteiger partial charge in [0.1, 0.15) is 5.82 Å². The van der Waals surface area contributed by atoms with E-state index in [9.17, 15) is 4.79 Å². The predicted molar refractivity (Wildman–Crippen MR) is 61.0 cm³/mol. The SMILES string of the molecule is CC(C)=C1N=C(c2ccccc2)OC(=O)N1. The maximum Gasteiger partial charge on any atom is 0.419 e. The third-order valence-corrected chi connectivity index (χ3v) is 2.12. The molecule has 1 aliphatic rings. The topological polar surface area (TPSA) is 50.7 Å². The van der Waals surface area contributed by atoms with Crippen molar-refractivity contribution >= 4 is 12.0 Å². The molecule has 0 aromatic heterocycles. The highest BCUT2D eigenvalue weighted by Crippen LogP contribution is 2.12. The number of hydrogen-bond acceptors (Lipinski definition) is 3. The monoisotopic (exact) mass is 216 g/mol. The molecule has 1 N–H and O–H groups in total. The number of alkyl carbamates (subject to hydrolysis) is 1. The first-order valence-electron chi connectivity index (χ1n) is 4.97. The van der Waals surface area contributed by atoms with Crippen molar-refractivity contribution in [3.63, 3.8) is 0 Å². The van der Waals surface area contributed by atoms with Crippen LogP contribution < -0.4 is 5.32 Å². The standard InChI is InChI=1S/C12H12N2O2/c1-8(2)10-13-11(16-12(15)14-10)9-6-4-3-5-7-9/h3-7H,1-2H3,(H,14,15). The van der Waals surface area contributed by atoms with Crippen LogP contribution in [0.3, 0.4) is 0 Å². The number of aliphatic imine (C=N–C) groups is 1. The number of benzene rings is 1. The predicted octanol–water partition coefficient (Wildman–Crippen LogP) is 2.42. The molecule has 2 rings (SSSR count). The molecule has 1 aromatic rings. The van der Waals surface area contributed by atoms with E-state index in [4.69, 9.17) is 4.74 Å². The Kier molecular flexibility index (Phi) is 2.72. The number of carbonyl (C=O) groups excluding carboxylic acids is 1. The minimum absolute atomic E-state index is 0.334. The molecule has 0 saturated carbocycles. The number of nitrogens with zero attached hydrogens (tertiary/aromatic N) is 1. The maximum atomic E-state index is 11.3. The zero-order valence-corrected chi connectivity index (χ0v) is 9.15. The molecule has 1 aromatic carbocycles. The van der Waals surface area contributed by atoms with Crippen LogP contribution in [-0.4, -0.2) is 12.0 Å². The van der Waals surface area contributed by atoms with Gasteiger partial charge in [-0.1, -0.05) is 18.2 Å². The van der Waals surface area contributed by atoms with Gasteiger partial charge in [0.2, 0.25) is 5.90 Å². The van der Waals surface area contributed by atoms with E-state index < -0.39 is 6.09 Å². The lowest BCUT2D eigenvalue weighted by Gasteiger charge is -2.16. The number of amides is 1. The molecule has 4 heteroatoms. The molecule has 1 amide bonds. The lowest BCUT2D eigenvalue weighted by molar-refractivity contribution is 0.197. The zero-order valence-electron chi connectivity index (χ0n) is 9.15. The molecule has 16 heavy (non-hydrogen) atoms. The van der Waals surface area contributed by atoms with E-state index >= 15 is 0 Å². The number of nitrogens with one attached hydrogen (secondary N) is 1. The summed E-state index contributed by atoms with van der Waals surface area (Å²) in [7, 11) is 0. The highest BCUT2D eigenvalue weighted by molar-refractivity contribution is 6.02. The molecule has 0 saturated heterocycles. The van der Waals surface area contributed by atoms with Gasteiger partial charge < -0.3 is 4.74 Å². The molecule has 1 aliphatic heterocycles. The summed E-state index contributed by atoms with van der Waals surface area (Å²) in [6.45, 7) is 3.76. The lowest BCUT2D eigenvalue weighted by Crippen LogP contribution is -2.32. The van der Waals surface area contributed by atoms with E-state index in [-0.39, 0.29) is 0 Å². The van der Waals surface area contributed by atoms with Gasteiger partial charge >= 0.3 is 6.09 Å². The summed E-state index contributed by atoms with van der Waals surface area (Å²) in [6.07, 6.45) is -0.495. The van der Waals surface area contributed by atoms with Gasteiger partial charge in [-0.25, -0.2) is 4.79 Å². The van der Waals surface area contributed by atoms with Crippen LogP contribution in [0.15, 0.2) is 46.7 Å². The van der Waals surface area contributed by atoms with Gasteiger partial charge in [-0.2, -0.15) is 4.99 Å². The normalized spacial score (nSPS) is 15.0. The number of hydrogen-bond donors (Lipinski definition) is 1. The highest BCUT2D eigenvalue weighted by atomic mass is 16.6. The van der Waals surface area contributed by atoms with Crippen LogP contribution in [-0.2, 0) is 4.74 Å². The summed E-state index contributed by atoms with van der Waals surface area (Å²) in [5, 5.41) is 2.55. The average molecular weight is 216 g/mol. The van der Waals surface area contributed by atoms with Gasteiger partial charge in [-0.3, -0.25) is 5.32 Å². The van der Waals surface area contributed by atoms with Crippen molar-refractivity contribution in [1.82, 2.24) is 5.32 Å². The summed E-state index contributed by atoms with van der Waals surface area (Å²) >= 11 is 0.